The average Bonchev–Trinajstić information content (AvgIpc) is 2.90. The van der Waals surface area contributed by atoms with E-state index >= 15 is 0 Å². The molecule has 5 nitrogen and oxygen atoms in total. The normalized spacial score (nSPS) is 33.1. The minimum Gasteiger partial charge on any atom is -0.466 e. The molecule has 1 amide bonds. The van der Waals surface area contributed by atoms with E-state index in [1.54, 1.807) is 19.9 Å². The maximum atomic E-state index is 12.4. The molecular formula is C21H29NO4. The van der Waals surface area contributed by atoms with Gasteiger partial charge in [0.05, 0.1) is 0 Å². The minimum atomic E-state index is -0.503. The van der Waals surface area contributed by atoms with Gasteiger partial charge in [-0.05, 0) is 88.5 Å². The maximum absolute atomic E-state index is 12.4. The minimum absolute atomic E-state index is 0.139. The van der Waals surface area contributed by atoms with Gasteiger partial charge < -0.3 is 14.5 Å². The number of furan rings is 1. The van der Waals surface area contributed by atoms with Gasteiger partial charge in [0.2, 0.25) is 0 Å². The van der Waals surface area contributed by atoms with Crippen LogP contribution in [-0.4, -0.2) is 24.5 Å². The molecule has 1 aromatic rings. The summed E-state index contributed by atoms with van der Waals surface area (Å²) in [5.41, 5.74) is 0.650. The van der Waals surface area contributed by atoms with Crippen molar-refractivity contribution in [1.82, 2.24) is 5.32 Å². The first-order valence-electron chi connectivity index (χ1n) is 9.88. The molecule has 1 atom stereocenters. The molecule has 4 aliphatic rings. The lowest BCUT2D eigenvalue weighted by molar-refractivity contribution is -0.128. The van der Waals surface area contributed by atoms with Crippen molar-refractivity contribution in [1.29, 1.82) is 0 Å². The van der Waals surface area contributed by atoms with Crippen LogP contribution >= 0.6 is 0 Å². The van der Waals surface area contributed by atoms with Gasteiger partial charge in [0, 0.05) is 6.04 Å². The van der Waals surface area contributed by atoms with Crippen LogP contribution in [0.15, 0.2) is 10.5 Å². The third-order valence-corrected chi connectivity index (χ3v) is 6.98. The van der Waals surface area contributed by atoms with Gasteiger partial charge in [-0.25, -0.2) is 4.79 Å². The van der Waals surface area contributed by atoms with E-state index in [1.807, 2.05) is 0 Å². The molecule has 0 aliphatic heterocycles. The number of hydrogen-bond donors (Lipinski definition) is 1. The van der Waals surface area contributed by atoms with Gasteiger partial charge in [-0.1, -0.05) is 0 Å². The molecule has 4 saturated carbocycles. The van der Waals surface area contributed by atoms with Crippen molar-refractivity contribution < 1.29 is 18.7 Å². The Kier molecular flexibility index (Phi) is 4.36. The van der Waals surface area contributed by atoms with E-state index in [-0.39, 0.29) is 24.0 Å². The molecule has 0 unspecified atom stereocenters. The highest BCUT2D eigenvalue weighted by Gasteiger charge is 2.53. The Morgan fingerprint density at radius 3 is 2.27 bits per heavy atom. The van der Waals surface area contributed by atoms with Crippen molar-refractivity contribution >= 4 is 11.9 Å². The maximum Gasteiger partial charge on any atom is 0.342 e. The van der Waals surface area contributed by atoms with Gasteiger partial charge in [-0.3, -0.25) is 4.79 Å². The van der Waals surface area contributed by atoms with E-state index in [1.165, 1.54) is 38.5 Å². The Bertz CT molecular complexity index is 684. The zero-order valence-corrected chi connectivity index (χ0v) is 16.0. The topological polar surface area (TPSA) is 68.5 Å². The number of carbonyl (C=O) groups excluding carboxylic acids is 2. The van der Waals surface area contributed by atoms with Crippen molar-refractivity contribution in [2.24, 2.45) is 23.2 Å². The van der Waals surface area contributed by atoms with Crippen LogP contribution in [-0.2, 0) is 9.53 Å². The van der Waals surface area contributed by atoms with E-state index in [9.17, 15) is 9.59 Å². The lowest BCUT2D eigenvalue weighted by Crippen LogP contribution is -2.56. The van der Waals surface area contributed by atoms with Crippen LogP contribution in [0.4, 0.5) is 0 Å². The smallest absolute Gasteiger partial charge is 0.342 e. The SMILES string of the molecule is Cc1cc(C(=O)OCC(=O)N[C@@H](C)C23CC4CC(CC(C4)C2)C3)c(C)o1. The third-order valence-electron chi connectivity index (χ3n) is 6.98. The van der Waals surface area contributed by atoms with Crippen molar-refractivity contribution in [3.05, 3.63) is 23.2 Å². The fourth-order valence-corrected chi connectivity index (χ4v) is 6.19. The van der Waals surface area contributed by atoms with Crippen LogP contribution in [0.3, 0.4) is 0 Å². The fraction of sp³-hybridized carbons (Fsp3) is 0.714. The number of esters is 1. The van der Waals surface area contributed by atoms with Gasteiger partial charge in [0.1, 0.15) is 17.1 Å². The zero-order valence-electron chi connectivity index (χ0n) is 16.0. The molecule has 5 heteroatoms. The molecule has 0 aromatic carbocycles. The molecule has 142 valence electrons. The first kappa shape index (κ1) is 17.6. The summed E-state index contributed by atoms with van der Waals surface area (Å²) in [5, 5.41) is 3.12. The standard InChI is InChI=1S/C21H29NO4/c1-12-4-18(13(2)26-12)20(24)25-11-19(23)22-14(3)21-8-15-5-16(9-21)7-17(6-15)10-21/h4,14-17H,5-11H2,1-3H3,(H,22,23)/t14-,15?,16?,17?,21?/m0/s1. The van der Waals surface area contributed by atoms with Gasteiger partial charge in [-0.2, -0.15) is 0 Å². The van der Waals surface area contributed by atoms with Crippen LogP contribution in [0.25, 0.3) is 0 Å². The zero-order chi connectivity index (χ0) is 18.5. The number of ether oxygens (including phenoxy) is 1. The van der Waals surface area contributed by atoms with Gasteiger partial charge in [0.15, 0.2) is 6.61 Å². The monoisotopic (exact) mass is 359 g/mol. The Labute approximate surface area is 154 Å². The van der Waals surface area contributed by atoms with E-state index in [4.69, 9.17) is 9.15 Å². The quantitative estimate of drug-likeness (QED) is 0.813. The fourth-order valence-electron chi connectivity index (χ4n) is 6.19. The summed E-state index contributed by atoms with van der Waals surface area (Å²) in [6, 6.07) is 1.79. The molecule has 26 heavy (non-hydrogen) atoms. The molecule has 0 saturated heterocycles. The number of hydrogen-bond acceptors (Lipinski definition) is 4. The van der Waals surface area contributed by atoms with E-state index in [0.29, 0.717) is 17.1 Å². The lowest BCUT2D eigenvalue weighted by Gasteiger charge is -2.59. The van der Waals surface area contributed by atoms with Crippen molar-refractivity contribution in [2.45, 2.75) is 65.3 Å². The van der Waals surface area contributed by atoms with Crippen LogP contribution < -0.4 is 5.32 Å². The largest absolute Gasteiger partial charge is 0.466 e. The second kappa shape index (κ2) is 6.43. The van der Waals surface area contributed by atoms with Crippen LogP contribution in [0.2, 0.25) is 0 Å². The Morgan fingerprint density at radius 2 is 1.77 bits per heavy atom. The highest BCUT2D eigenvalue weighted by molar-refractivity contribution is 5.92. The predicted octanol–water partition coefficient (Wildman–Crippen LogP) is 3.77. The summed E-state index contributed by atoms with van der Waals surface area (Å²) in [5.74, 6) is 3.03. The summed E-state index contributed by atoms with van der Waals surface area (Å²) in [6.07, 6.45) is 7.90. The Morgan fingerprint density at radius 1 is 1.19 bits per heavy atom. The van der Waals surface area contributed by atoms with Crippen LogP contribution in [0.1, 0.15) is 67.3 Å². The van der Waals surface area contributed by atoms with Gasteiger partial charge >= 0.3 is 5.97 Å². The van der Waals surface area contributed by atoms with Crippen molar-refractivity contribution in [2.75, 3.05) is 6.61 Å². The summed E-state index contributed by atoms with van der Waals surface area (Å²) in [4.78, 5) is 24.5. The number of nitrogens with one attached hydrogen (secondary N) is 1. The number of rotatable bonds is 5. The lowest BCUT2D eigenvalue weighted by atomic mass is 9.48. The van der Waals surface area contributed by atoms with Crippen molar-refractivity contribution in [3.63, 3.8) is 0 Å². The van der Waals surface area contributed by atoms with Crippen molar-refractivity contribution in [3.8, 4) is 0 Å². The summed E-state index contributed by atoms with van der Waals surface area (Å²) >= 11 is 0. The molecular weight excluding hydrogens is 330 g/mol. The van der Waals surface area contributed by atoms with Gasteiger partial charge in [-0.15, -0.1) is 0 Å². The Hall–Kier alpha value is -1.78. The van der Waals surface area contributed by atoms with E-state index < -0.39 is 5.97 Å². The molecule has 4 bridgehead atoms. The van der Waals surface area contributed by atoms with Crippen LogP contribution in [0, 0.1) is 37.0 Å². The second-order valence-electron chi connectivity index (χ2n) is 8.97. The predicted molar refractivity (Wildman–Crippen MR) is 96.7 cm³/mol. The highest BCUT2D eigenvalue weighted by atomic mass is 16.5. The van der Waals surface area contributed by atoms with E-state index in [0.717, 1.165) is 17.8 Å². The Balaban J connectivity index is 1.32. The molecule has 4 aliphatic carbocycles. The molecule has 0 spiro atoms. The summed E-state index contributed by atoms with van der Waals surface area (Å²) in [6.45, 7) is 5.40. The first-order valence-corrected chi connectivity index (χ1v) is 9.88. The second-order valence-corrected chi connectivity index (χ2v) is 8.97. The molecule has 1 heterocycles. The first-order chi connectivity index (χ1) is 12.3. The number of aryl methyl sites for hydroxylation is 2. The molecule has 0 radical (unpaired) electrons. The average molecular weight is 359 g/mol. The number of carbonyl (C=O) groups is 2. The molecule has 5 rings (SSSR count). The van der Waals surface area contributed by atoms with Crippen LogP contribution in [0.5, 0.6) is 0 Å². The van der Waals surface area contributed by atoms with E-state index in [2.05, 4.69) is 12.2 Å². The highest BCUT2D eigenvalue weighted by Crippen LogP contribution is 2.61. The van der Waals surface area contributed by atoms with Gasteiger partial charge in [0.25, 0.3) is 5.91 Å². The third kappa shape index (κ3) is 3.17. The summed E-state index contributed by atoms with van der Waals surface area (Å²) in [7, 11) is 0. The molecule has 4 fully saturated rings. The molecule has 1 aromatic heterocycles. The molecule has 1 N–H and O–H groups in total. The summed E-state index contributed by atoms with van der Waals surface area (Å²) < 4.78 is 10.5. The number of amides is 1.